The molecular formula is C10H18N4O. The summed E-state index contributed by atoms with van der Waals surface area (Å²) in [6.45, 7) is 8.59. The summed E-state index contributed by atoms with van der Waals surface area (Å²) in [6.07, 6.45) is 0. The molecule has 2 heterocycles. The first-order valence-corrected chi connectivity index (χ1v) is 5.35. The second-order valence-corrected chi connectivity index (χ2v) is 4.64. The van der Waals surface area contributed by atoms with E-state index in [1.807, 2.05) is 0 Å². The molecule has 1 aromatic heterocycles. The van der Waals surface area contributed by atoms with Crippen LogP contribution >= 0.6 is 0 Å². The summed E-state index contributed by atoms with van der Waals surface area (Å²) in [7, 11) is 0. The van der Waals surface area contributed by atoms with E-state index in [1.54, 1.807) is 0 Å². The number of hydrogen-bond acceptors (Lipinski definition) is 4. The maximum absolute atomic E-state index is 5.75. The topological polar surface area (TPSA) is 62.8 Å². The highest BCUT2D eigenvalue weighted by Crippen LogP contribution is 2.17. The van der Waals surface area contributed by atoms with Crippen LogP contribution in [0.4, 0.5) is 0 Å². The van der Waals surface area contributed by atoms with Gasteiger partial charge in [-0.05, 0) is 6.92 Å². The Bertz CT molecular complexity index is 330. The van der Waals surface area contributed by atoms with Crippen molar-refractivity contribution in [3.8, 4) is 0 Å². The first-order valence-electron chi connectivity index (χ1n) is 5.35. The summed E-state index contributed by atoms with van der Waals surface area (Å²) >= 11 is 0. The Morgan fingerprint density at radius 2 is 2.20 bits per heavy atom. The van der Waals surface area contributed by atoms with Crippen molar-refractivity contribution in [3.05, 3.63) is 11.6 Å². The van der Waals surface area contributed by atoms with Gasteiger partial charge in [-0.2, -0.15) is 5.10 Å². The van der Waals surface area contributed by atoms with Gasteiger partial charge >= 0.3 is 0 Å². The van der Waals surface area contributed by atoms with E-state index in [-0.39, 0.29) is 5.60 Å². The van der Waals surface area contributed by atoms with Crippen LogP contribution in [0.25, 0.3) is 0 Å². The number of hydrogen-bond donors (Lipinski definition) is 2. The molecule has 0 aromatic carbocycles. The summed E-state index contributed by atoms with van der Waals surface area (Å²) in [5.41, 5.74) is -0.0230. The molecule has 5 nitrogen and oxygen atoms in total. The number of H-pyrrole nitrogens is 1. The van der Waals surface area contributed by atoms with Gasteiger partial charge < -0.3 is 10.1 Å². The fraction of sp³-hybridized carbons (Fsp3) is 0.800. The second-order valence-electron chi connectivity index (χ2n) is 4.64. The third kappa shape index (κ3) is 2.35. The molecule has 5 heteroatoms. The normalized spacial score (nSPS) is 19.2. The van der Waals surface area contributed by atoms with E-state index in [1.165, 1.54) is 0 Å². The maximum Gasteiger partial charge on any atom is 0.153 e. The van der Waals surface area contributed by atoms with Gasteiger partial charge in [-0.25, -0.2) is 4.98 Å². The zero-order chi connectivity index (χ0) is 10.9. The van der Waals surface area contributed by atoms with Crippen LogP contribution in [0.5, 0.6) is 0 Å². The summed E-state index contributed by atoms with van der Waals surface area (Å²) in [5.74, 6) is 2.02. The van der Waals surface area contributed by atoms with E-state index in [0.29, 0.717) is 12.5 Å². The highest BCUT2D eigenvalue weighted by molar-refractivity contribution is 4.95. The Labute approximate surface area is 89.6 Å². The van der Waals surface area contributed by atoms with Crippen molar-refractivity contribution in [1.82, 2.24) is 20.5 Å². The Morgan fingerprint density at radius 1 is 1.47 bits per heavy atom. The summed E-state index contributed by atoms with van der Waals surface area (Å²) in [4.78, 5) is 4.36. The van der Waals surface area contributed by atoms with E-state index in [0.717, 1.165) is 24.7 Å². The Kier molecular flexibility index (Phi) is 2.75. The smallest absolute Gasteiger partial charge is 0.153 e. The lowest BCUT2D eigenvalue weighted by atomic mass is 10.0. The van der Waals surface area contributed by atoms with Crippen molar-refractivity contribution >= 4 is 0 Å². The minimum Gasteiger partial charge on any atom is -0.365 e. The van der Waals surface area contributed by atoms with E-state index in [2.05, 4.69) is 41.3 Å². The molecule has 1 saturated heterocycles. The second kappa shape index (κ2) is 3.90. The first kappa shape index (κ1) is 10.6. The molecule has 1 aromatic rings. The molecule has 1 aliphatic heterocycles. The lowest BCUT2D eigenvalue weighted by Crippen LogP contribution is -2.58. The molecule has 0 aliphatic carbocycles. The minimum absolute atomic E-state index is 0.0230. The van der Waals surface area contributed by atoms with Gasteiger partial charge in [-0.15, -0.1) is 0 Å². The van der Waals surface area contributed by atoms with Crippen LogP contribution in [0.15, 0.2) is 0 Å². The van der Waals surface area contributed by atoms with Gasteiger partial charge in [0.25, 0.3) is 0 Å². The molecule has 2 N–H and O–H groups in total. The first-order chi connectivity index (χ1) is 7.09. The molecule has 0 amide bonds. The number of nitrogens with one attached hydrogen (secondary N) is 2. The van der Waals surface area contributed by atoms with Crippen molar-refractivity contribution in [1.29, 1.82) is 0 Å². The average Bonchev–Trinajstić information content (AvgIpc) is 2.60. The fourth-order valence-electron chi connectivity index (χ4n) is 1.45. The molecule has 2 rings (SSSR count). The number of aromatic nitrogens is 3. The van der Waals surface area contributed by atoms with Crippen LogP contribution in [0.1, 0.15) is 38.3 Å². The van der Waals surface area contributed by atoms with Crippen LogP contribution in [0.3, 0.4) is 0 Å². The van der Waals surface area contributed by atoms with E-state index in [9.17, 15) is 0 Å². The summed E-state index contributed by atoms with van der Waals surface area (Å²) in [6, 6.07) is 0. The largest absolute Gasteiger partial charge is 0.365 e. The van der Waals surface area contributed by atoms with Crippen molar-refractivity contribution in [2.75, 3.05) is 13.1 Å². The third-order valence-electron chi connectivity index (χ3n) is 2.62. The van der Waals surface area contributed by atoms with Gasteiger partial charge in [0.05, 0.1) is 5.60 Å². The number of nitrogens with zero attached hydrogens (tertiary/aromatic N) is 2. The number of ether oxygens (including phenoxy) is 1. The van der Waals surface area contributed by atoms with E-state index < -0.39 is 0 Å². The Morgan fingerprint density at radius 3 is 2.67 bits per heavy atom. The number of aromatic amines is 1. The molecule has 0 saturated carbocycles. The van der Waals surface area contributed by atoms with Crippen LogP contribution in [0.2, 0.25) is 0 Å². The van der Waals surface area contributed by atoms with Crippen molar-refractivity contribution in [2.24, 2.45) is 0 Å². The highest BCUT2D eigenvalue weighted by atomic mass is 16.5. The predicted octanol–water partition coefficient (Wildman–Crippen LogP) is 0.807. The third-order valence-corrected chi connectivity index (χ3v) is 2.62. The van der Waals surface area contributed by atoms with Crippen LogP contribution in [0, 0.1) is 0 Å². The quantitative estimate of drug-likeness (QED) is 0.772. The molecule has 0 bridgehead atoms. The fourth-order valence-corrected chi connectivity index (χ4v) is 1.45. The summed E-state index contributed by atoms with van der Waals surface area (Å²) in [5, 5.41) is 10.2. The molecule has 0 unspecified atom stereocenters. The van der Waals surface area contributed by atoms with Gasteiger partial charge in [0.2, 0.25) is 0 Å². The van der Waals surface area contributed by atoms with Gasteiger partial charge in [-0.3, -0.25) is 5.10 Å². The summed E-state index contributed by atoms with van der Waals surface area (Å²) < 4.78 is 5.75. The van der Waals surface area contributed by atoms with Gasteiger partial charge in [-0.1, -0.05) is 13.8 Å². The van der Waals surface area contributed by atoms with E-state index >= 15 is 0 Å². The Balaban J connectivity index is 1.88. The van der Waals surface area contributed by atoms with Crippen LogP contribution in [-0.4, -0.2) is 33.9 Å². The molecule has 1 aliphatic rings. The SMILES string of the molecule is CC(C)c1n[nH]c(COC2(C)CNC2)n1. The lowest BCUT2D eigenvalue weighted by Gasteiger charge is -2.38. The molecule has 15 heavy (non-hydrogen) atoms. The van der Waals surface area contributed by atoms with Crippen LogP contribution in [-0.2, 0) is 11.3 Å². The molecular weight excluding hydrogens is 192 g/mol. The monoisotopic (exact) mass is 210 g/mol. The highest BCUT2D eigenvalue weighted by Gasteiger charge is 2.32. The zero-order valence-corrected chi connectivity index (χ0v) is 9.50. The average molecular weight is 210 g/mol. The van der Waals surface area contributed by atoms with Crippen molar-refractivity contribution < 1.29 is 4.74 Å². The molecule has 0 spiro atoms. The van der Waals surface area contributed by atoms with Crippen LogP contribution < -0.4 is 5.32 Å². The van der Waals surface area contributed by atoms with Gasteiger partial charge in [0, 0.05) is 19.0 Å². The minimum atomic E-state index is -0.0230. The number of rotatable bonds is 4. The van der Waals surface area contributed by atoms with Gasteiger partial charge in [0.1, 0.15) is 6.61 Å². The molecule has 0 radical (unpaired) electrons. The molecule has 0 atom stereocenters. The predicted molar refractivity (Wildman–Crippen MR) is 56.5 cm³/mol. The molecule has 1 fully saturated rings. The molecule has 84 valence electrons. The van der Waals surface area contributed by atoms with Gasteiger partial charge in [0.15, 0.2) is 11.6 Å². The standard InChI is InChI=1S/C10H18N4O/c1-7(2)9-12-8(13-14-9)4-15-10(3)5-11-6-10/h7,11H,4-6H2,1-3H3,(H,12,13,14). The zero-order valence-electron chi connectivity index (χ0n) is 9.50. The maximum atomic E-state index is 5.75. The van der Waals surface area contributed by atoms with Crippen molar-refractivity contribution in [3.63, 3.8) is 0 Å². The Hall–Kier alpha value is -0.940. The van der Waals surface area contributed by atoms with Crippen molar-refractivity contribution in [2.45, 2.75) is 38.9 Å². The lowest BCUT2D eigenvalue weighted by molar-refractivity contribution is -0.0789. The van der Waals surface area contributed by atoms with E-state index in [4.69, 9.17) is 4.74 Å².